The van der Waals surface area contributed by atoms with E-state index in [9.17, 15) is 8.42 Å². The molecule has 1 aromatic carbocycles. The number of hydrogen-bond donors (Lipinski definition) is 0. The summed E-state index contributed by atoms with van der Waals surface area (Å²) in [7, 11) is -3.08. The van der Waals surface area contributed by atoms with E-state index in [0.717, 1.165) is 17.3 Å². The van der Waals surface area contributed by atoms with Crippen LogP contribution in [0.3, 0.4) is 0 Å². The van der Waals surface area contributed by atoms with Gasteiger partial charge in [-0.3, -0.25) is 0 Å². The van der Waals surface area contributed by atoms with E-state index in [1.165, 1.54) is 0 Å². The molecular weight excluding hydrogens is 288 g/mol. The van der Waals surface area contributed by atoms with Crippen LogP contribution in [0, 0.1) is 0 Å². The summed E-state index contributed by atoms with van der Waals surface area (Å²) < 4.78 is 23.4. The molecule has 0 fully saturated rings. The lowest BCUT2D eigenvalue weighted by Crippen LogP contribution is -2.05. The van der Waals surface area contributed by atoms with Crippen LogP contribution in [0.25, 0.3) is 0 Å². The van der Waals surface area contributed by atoms with Gasteiger partial charge < -0.3 is 0 Å². The summed E-state index contributed by atoms with van der Waals surface area (Å²) in [5, 5.41) is 0.929. The van der Waals surface area contributed by atoms with Crippen molar-refractivity contribution in [3.8, 4) is 0 Å². The third-order valence-corrected chi connectivity index (χ3v) is 4.90. The Morgan fingerprint density at radius 3 is 2.62 bits per heavy atom. The number of benzene rings is 1. The molecule has 2 nitrogen and oxygen atoms in total. The molecule has 4 heteroatoms. The van der Waals surface area contributed by atoms with E-state index < -0.39 is 9.84 Å². The van der Waals surface area contributed by atoms with E-state index in [-0.39, 0.29) is 5.75 Å². The lowest BCUT2D eigenvalue weighted by Gasteiger charge is -2.11. The van der Waals surface area contributed by atoms with Crippen LogP contribution in [0.2, 0.25) is 0 Å². The molecule has 0 aromatic heterocycles. The van der Waals surface area contributed by atoms with Gasteiger partial charge in [-0.2, -0.15) is 0 Å². The molecule has 0 heterocycles. The number of halogens is 1. The van der Waals surface area contributed by atoms with Crippen molar-refractivity contribution in [3.63, 3.8) is 0 Å². The van der Waals surface area contributed by atoms with Crippen LogP contribution in [0.5, 0.6) is 0 Å². The van der Waals surface area contributed by atoms with Crippen molar-refractivity contribution >= 4 is 25.8 Å². The molecule has 1 unspecified atom stereocenters. The van der Waals surface area contributed by atoms with Gasteiger partial charge in [0.1, 0.15) is 0 Å². The van der Waals surface area contributed by atoms with E-state index in [1.807, 2.05) is 12.1 Å². The molecule has 1 atom stereocenters. The molecule has 0 aliphatic carbocycles. The molecule has 1 aromatic rings. The number of sulfone groups is 1. The minimum atomic E-state index is -3.08. The third kappa shape index (κ3) is 3.32. The molecule has 0 saturated carbocycles. The normalized spacial score (nSPS) is 13.7. The standard InChI is InChI=1S/C12H17BrO2S/c1-3-16(14,15)12-6-4-5-11(9-12)10(2)7-8-13/h4-6,9-10H,3,7-8H2,1-2H3. The second kappa shape index (κ2) is 5.82. The van der Waals surface area contributed by atoms with Crippen LogP contribution in [0.4, 0.5) is 0 Å². The Hall–Kier alpha value is -0.350. The van der Waals surface area contributed by atoms with E-state index in [1.54, 1.807) is 19.1 Å². The zero-order valence-corrected chi connectivity index (χ0v) is 12.0. The highest BCUT2D eigenvalue weighted by molar-refractivity contribution is 9.09. The average Bonchev–Trinajstić information content (AvgIpc) is 2.29. The molecule has 0 bridgehead atoms. The Morgan fingerprint density at radius 1 is 1.38 bits per heavy atom. The lowest BCUT2D eigenvalue weighted by molar-refractivity contribution is 0.597. The molecule has 0 saturated heterocycles. The lowest BCUT2D eigenvalue weighted by atomic mass is 9.99. The van der Waals surface area contributed by atoms with Crippen LogP contribution >= 0.6 is 15.9 Å². The summed E-state index contributed by atoms with van der Waals surface area (Å²) in [6, 6.07) is 7.28. The number of alkyl halides is 1. The van der Waals surface area contributed by atoms with Gasteiger partial charge in [-0.15, -0.1) is 0 Å². The monoisotopic (exact) mass is 304 g/mol. The zero-order chi connectivity index (χ0) is 12.2. The summed E-state index contributed by atoms with van der Waals surface area (Å²) in [5.74, 6) is 0.537. The van der Waals surface area contributed by atoms with Crippen molar-refractivity contribution in [3.05, 3.63) is 29.8 Å². The molecular formula is C12H17BrO2S. The number of hydrogen-bond acceptors (Lipinski definition) is 2. The molecule has 0 amide bonds. The van der Waals surface area contributed by atoms with Crippen LogP contribution in [-0.2, 0) is 9.84 Å². The highest BCUT2D eigenvalue weighted by Crippen LogP contribution is 2.23. The van der Waals surface area contributed by atoms with Crippen molar-refractivity contribution < 1.29 is 8.42 Å². The van der Waals surface area contributed by atoms with Crippen molar-refractivity contribution in [2.45, 2.75) is 31.1 Å². The first-order chi connectivity index (χ1) is 7.51. The maximum Gasteiger partial charge on any atom is 0.178 e. The highest BCUT2D eigenvalue weighted by Gasteiger charge is 2.13. The molecule has 0 spiro atoms. The van der Waals surface area contributed by atoms with E-state index in [4.69, 9.17) is 0 Å². The summed E-state index contributed by atoms with van der Waals surface area (Å²) >= 11 is 3.40. The van der Waals surface area contributed by atoms with Crippen molar-refractivity contribution in [2.24, 2.45) is 0 Å². The Balaban J connectivity index is 3.05. The predicted molar refractivity (Wildman–Crippen MR) is 71.0 cm³/mol. The van der Waals surface area contributed by atoms with Gasteiger partial charge in [0.05, 0.1) is 10.6 Å². The van der Waals surface area contributed by atoms with Gasteiger partial charge in [0.2, 0.25) is 0 Å². The summed E-state index contributed by atoms with van der Waals surface area (Å²) in [6.07, 6.45) is 1.01. The predicted octanol–water partition coefficient (Wildman–Crippen LogP) is 3.37. The van der Waals surface area contributed by atoms with Crippen LogP contribution < -0.4 is 0 Å². The van der Waals surface area contributed by atoms with Gasteiger partial charge in [0, 0.05) is 5.33 Å². The Bertz CT molecular complexity index is 440. The van der Waals surface area contributed by atoms with Crippen molar-refractivity contribution in [1.29, 1.82) is 0 Å². The SMILES string of the molecule is CCS(=O)(=O)c1cccc(C(C)CCBr)c1. The summed E-state index contributed by atoms with van der Waals surface area (Å²) in [5.41, 5.74) is 1.09. The molecule has 90 valence electrons. The van der Waals surface area contributed by atoms with Gasteiger partial charge >= 0.3 is 0 Å². The Morgan fingerprint density at radius 2 is 2.06 bits per heavy atom. The molecule has 0 N–H and O–H groups in total. The second-order valence-electron chi connectivity index (χ2n) is 3.85. The first-order valence-electron chi connectivity index (χ1n) is 5.40. The van der Waals surface area contributed by atoms with Crippen molar-refractivity contribution in [2.75, 3.05) is 11.1 Å². The molecule has 0 aliphatic rings. The average molecular weight is 305 g/mol. The Labute approximate surface area is 106 Å². The quantitative estimate of drug-likeness (QED) is 0.782. The van der Waals surface area contributed by atoms with Gasteiger partial charge in [-0.25, -0.2) is 8.42 Å². The largest absolute Gasteiger partial charge is 0.224 e. The second-order valence-corrected chi connectivity index (χ2v) is 6.93. The molecule has 16 heavy (non-hydrogen) atoms. The molecule has 1 rings (SSSR count). The first kappa shape index (κ1) is 13.7. The molecule has 0 aliphatic heterocycles. The van der Waals surface area contributed by atoms with Gasteiger partial charge in [-0.05, 0) is 30.0 Å². The van der Waals surface area contributed by atoms with E-state index >= 15 is 0 Å². The van der Waals surface area contributed by atoms with Gasteiger partial charge in [0.15, 0.2) is 9.84 Å². The summed E-state index contributed by atoms with van der Waals surface area (Å²) in [4.78, 5) is 0.439. The van der Waals surface area contributed by atoms with E-state index in [2.05, 4.69) is 22.9 Å². The fraction of sp³-hybridized carbons (Fsp3) is 0.500. The van der Waals surface area contributed by atoms with Crippen LogP contribution in [-0.4, -0.2) is 19.5 Å². The topological polar surface area (TPSA) is 34.1 Å². The minimum Gasteiger partial charge on any atom is -0.224 e. The van der Waals surface area contributed by atoms with Crippen LogP contribution in [0.1, 0.15) is 31.7 Å². The maximum absolute atomic E-state index is 11.7. The van der Waals surface area contributed by atoms with Gasteiger partial charge in [0.25, 0.3) is 0 Å². The zero-order valence-electron chi connectivity index (χ0n) is 9.61. The number of rotatable bonds is 5. The van der Waals surface area contributed by atoms with Crippen LogP contribution in [0.15, 0.2) is 29.2 Å². The Kier molecular flexibility index (Phi) is 4.99. The minimum absolute atomic E-state index is 0.156. The molecule has 0 radical (unpaired) electrons. The van der Waals surface area contributed by atoms with Gasteiger partial charge in [-0.1, -0.05) is 41.9 Å². The fourth-order valence-corrected chi connectivity index (χ4v) is 3.13. The third-order valence-electron chi connectivity index (χ3n) is 2.71. The summed E-state index contributed by atoms with van der Waals surface area (Å²) in [6.45, 7) is 3.78. The highest BCUT2D eigenvalue weighted by atomic mass is 79.9. The smallest absolute Gasteiger partial charge is 0.178 e. The van der Waals surface area contributed by atoms with E-state index in [0.29, 0.717) is 10.8 Å². The fourth-order valence-electron chi connectivity index (χ4n) is 1.51. The van der Waals surface area contributed by atoms with Crippen molar-refractivity contribution in [1.82, 2.24) is 0 Å². The maximum atomic E-state index is 11.7. The first-order valence-corrected chi connectivity index (χ1v) is 8.17.